The smallest absolute Gasteiger partial charge is 1.00 e. The molecular weight excluding hydrogens is 571 g/mol. The van der Waals surface area contributed by atoms with Crippen molar-refractivity contribution in [2.24, 2.45) is 0 Å². The molecule has 204 valence electrons. The van der Waals surface area contributed by atoms with Crippen LogP contribution in [0, 0.1) is 13.8 Å². The van der Waals surface area contributed by atoms with E-state index >= 15 is 0 Å². The van der Waals surface area contributed by atoms with Crippen LogP contribution in [0.4, 0.5) is 0 Å². The molecule has 37 heavy (non-hydrogen) atoms. The molecule has 4 rings (SSSR count). The van der Waals surface area contributed by atoms with Crippen molar-refractivity contribution in [3.05, 3.63) is 96.8 Å². The Hall–Kier alpha value is -0.877. The normalized spacial score (nSPS) is 10.4. The summed E-state index contributed by atoms with van der Waals surface area (Å²) in [5, 5.41) is 5.76. The first-order valence-corrected chi connectivity index (χ1v) is 13.1. The van der Waals surface area contributed by atoms with E-state index in [0.29, 0.717) is 23.7 Å². The molecule has 4 aromatic rings. The topological polar surface area (TPSA) is 0 Å². The minimum atomic E-state index is 0. The van der Waals surface area contributed by atoms with Gasteiger partial charge in [0.05, 0.1) is 0 Å². The SMILES string of the molecule is CC(C)c1ccc(C(C)C)c2[cH-]ccc12.CC(C)c1ccc(C(C)C)c2[cH-]ccc12.[CH2-]CC[CH2-].[Cl-].[Cl-].[Zr+2]. The van der Waals surface area contributed by atoms with Crippen molar-refractivity contribution in [3.63, 3.8) is 0 Å². The molecule has 0 aliphatic heterocycles. The number of unbranched alkanes of at least 4 members (excludes halogenated alkanes) is 1. The fourth-order valence-corrected chi connectivity index (χ4v) is 4.58. The average molecular weight is 617 g/mol. The van der Waals surface area contributed by atoms with Gasteiger partial charge in [0.15, 0.2) is 0 Å². The van der Waals surface area contributed by atoms with Crippen LogP contribution in [0.1, 0.15) is 114 Å². The van der Waals surface area contributed by atoms with Gasteiger partial charge < -0.3 is 38.7 Å². The van der Waals surface area contributed by atoms with E-state index in [4.69, 9.17) is 0 Å². The van der Waals surface area contributed by atoms with Gasteiger partial charge in [-0.2, -0.15) is 24.3 Å². The molecule has 0 aliphatic carbocycles. The zero-order valence-electron chi connectivity index (χ0n) is 24.2. The Morgan fingerprint density at radius 2 is 0.784 bits per heavy atom. The van der Waals surface area contributed by atoms with E-state index in [9.17, 15) is 0 Å². The van der Waals surface area contributed by atoms with Crippen molar-refractivity contribution in [2.45, 2.75) is 91.9 Å². The molecule has 0 atom stereocenters. The van der Waals surface area contributed by atoms with Crippen LogP contribution in [0.2, 0.25) is 0 Å². The molecule has 0 bridgehead atoms. The first-order chi connectivity index (χ1) is 16.1. The molecule has 4 aromatic carbocycles. The molecule has 0 N–H and O–H groups in total. The van der Waals surface area contributed by atoms with Crippen molar-refractivity contribution in [1.29, 1.82) is 0 Å². The van der Waals surface area contributed by atoms with Crippen LogP contribution in [-0.4, -0.2) is 0 Å². The summed E-state index contributed by atoms with van der Waals surface area (Å²) in [5.41, 5.74) is 5.89. The maximum Gasteiger partial charge on any atom is 2.00 e. The number of fused-ring (bicyclic) bond motifs is 2. The Labute approximate surface area is 259 Å². The fourth-order valence-electron chi connectivity index (χ4n) is 4.58. The van der Waals surface area contributed by atoms with E-state index < -0.39 is 0 Å². The van der Waals surface area contributed by atoms with Gasteiger partial charge in [0.2, 0.25) is 0 Å². The maximum absolute atomic E-state index is 3.54. The molecule has 0 heterocycles. The standard InChI is InChI=1S/2C15H19.C4H8.2ClH.Zr/c2*1-10(2)12-8-9-13(11(3)4)15-7-5-6-14(12)15;1-3-4-2;;;/h2*5-11H,1-4H3;1-4H2;2*1H;/q2*-1;-2;;;+2/p-2. The summed E-state index contributed by atoms with van der Waals surface area (Å²) in [4.78, 5) is 0. The molecule has 0 unspecified atom stereocenters. The van der Waals surface area contributed by atoms with E-state index in [1.807, 2.05) is 0 Å². The maximum atomic E-state index is 3.54. The number of hydrogen-bond acceptors (Lipinski definition) is 0. The van der Waals surface area contributed by atoms with Crippen molar-refractivity contribution < 1.29 is 51.0 Å². The van der Waals surface area contributed by atoms with Crippen LogP contribution in [-0.2, 0) is 26.2 Å². The molecule has 0 saturated carbocycles. The third-order valence-corrected chi connectivity index (χ3v) is 6.50. The van der Waals surface area contributed by atoms with E-state index in [1.54, 1.807) is 0 Å². The number of benzene rings is 2. The van der Waals surface area contributed by atoms with Gasteiger partial charge >= 0.3 is 26.2 Å². The van der Waals surface area contributed by atoms with Crippen LogP contribution in [0.15, 0.2) is 60.7 Å². The van der Waals surface area contributed by atoms with Crippen molar-refractivity contribution in [2.75, 3.05) is 0 Å². The number of halogens is 2. The van der Waals surface area contributed by atoms with E-state index in [1.165, 1.54) is 43.8 Å². The van der Waals surface area contributed by atoms with Gasteiger partial charge in [0.1, 0.15) is 0 Å². The first-order valence-electron chi connectivity index (χ1n) is 13.1. The predicted octanol–water partition coefficient (Wildman–Crippen LogP) is 5.05. The third kappa shape index (κ3) is 9.99. The Morgan fingerprint density at radius 3 is 1.03 bits per heavy atom. The summed E-state index contributed by atoms with van der Waals surface area (Å²) < 4.78 is 0. The minimum Gasteiger partial charge on any atom is -1.00 e. The molecule has 0 saturated heterocycles. The average Bonchev–Trinajstić information content (AvgIpc) is 3.47. The van der Waals surface area contributed by atoms with Gasteiger partial charge in [0.25, 0.3) is 0 Å². The largest absolute Gasteiger partial charge is 2.00 e. The second-order valence-corrected chi connectivity index (χ2v) is 10.5. The first kappa shape index (κ1) is 38.3. The summed E-state index contributed by atoms with van der Waals surface area (Å²) >= 11 is 0. The van der Waals surface area contributed by atoms with Crippen LogP contribution < -0.4 is 24.8 Å². The van der Waals surface area contributed by atoms with Gasteiger partial charge in [-0.05, 0) is 11.8 Å². The number of hydrogen-bond donors (Lipinski definition) is 0. The molecule has 0 aromatic heterocycles. The molecular formula is C34H46Cl2Zr-4. The molecule has 0 fully saturated rings. The van der Waals surface area contributed by atoms with E-state index in [2.05, 4.69) is 130 Å². The molecule has 0 radical (unpaired) electrons. The van der Waals surface area contributed by atoms with Crippen LogP contribution in [0.5, 0.6) is 0 Å². The second kappa shape index (κ2) is 18.4. The zero-order chi connectivity index (χ0) is 25.4. The summed E-state index contributed by atoms with van der Waals surface area (Å²) in [6.45, 7) is 25.2. The predicted molar refractivity (Wildman–Crippen MR) is 155 cm³/mol. The Morgan fingerprint density at radius 1 is 0.514 bits per heavy atom. The second-order valence-electron chi connectivity index (χ2n) is 10.5. The Kier molecular flexibility index (Phi) is 19.0. The summed E-state index contributed by atoms with van der Waals surface area (Å²) in [5.74, 6) is 2.43. The van der Waals surface area contributed by atoms with Gasteiger partial charge in [-0.15, -0.1) is 56.9 Å². The summed E-state index contributed by atoms with van der Waals surface area (Å²) in [7, 11) is 0. The van der Waals surface area contributed by atoms with Gasteiger partial charge in [0, 0.05) is 0 Å². The third-order valence-electron chi connectivity index (χ3n) is 6.50. The van der Waals surface area contributed by atoms with Crippen LogP contribution in [0.3, 0.4) is 0 Å². The van der Waals surface area contributed by atoms with Crippen LogP contribution >= 0.6 is 0 Å². The molecule has 0 amide bonds. The minimum absolute atomic E-state index is 0. The van der Waals surface area contributed by atoms with Crippen LogP contribution in [0.25, 0.3) is 21.5 Å². The van der Waals surface area contributed by atoms with Gasteiger partial charge in [-0.25, -0.2) is 12.8 Å². The van der Waals surface area contributed by atoms with Gasteiger partial charge in [-0.1, -0.05) is 90.5 Å². The monoisotopic (exact) mass is 614 g/mol. The van der Waals surface area contributed by atoms with Gasteiger partial charge in [-0.3, -0.25) is 0 Å². The fraction of sp³-hybridized carbons (Fsp3) is 0.412. The molecule has 0 aliphatic rings. The molecule has 0 spiro atoms. The summed E-state index contributed by atoms with van der Waals surface area (Å²) in [6, 6.07) is 22.5. The summed E-state index contributed by atoms with van der Waals surface area (Å²) in [6.07, 6.45) is 1.92. The number of rotatable bonds is 5. The quantitative estimate of drug-likeness (QED) is 0.276. The molecule has 0 nitrogen and oxygen atoms in total. The van der Waals surface area contributed by atoms with E-state index in [-0.39, 0.29) is 51.0 Å². The molecule has 3 heteroatoms. The van der Waals surface area contributed by atoms with Crippen molar-refractivity contribution >= 4 is 21.5 Å². The Bertz CT molecular complexity index is 969. The van der Waals surface area contributed by atoms with Crippen molar-refractivity contribution in [1.82, 2.24) is 0 Å². The van der Waals surface area contributed by atoms with Crippen molar-refractivity contribution in [3.8, 4) is 0 Å². The van der Waals surface area contributed by atoms with E-state index in [0.717, 1.165) is 12.8 Å². The Balaban J connectivity index is 0. The zero-order valence-corrected chi connectivity index (χ0v) is 28.1.